The lowest BCUT2D eigenvalue weighted by molar-refractivity contribution is -0.125. The van der Waals surface area contributed by atoms with Gasteiger partial charge >= 0.3 is 6.09 Å². The Balaban J connectivity index is 1.16. The van der Waals surface area contributed by atoms with Crippen LogP contribution in [0, 0.1) is 0 Å². The average molecular weight is 513 g/mol. The van der Waals surface area contributed by atoms with E-state index >= 15 is 0 Å². The van der Waals surface area contributed by atoms with Crippen LogP contribution in [0.2, 0.25) is 5.02 Å². The second-order valence-corrected chi connectivity index (χ2v) is 10.1. The molecule has 6 rings (SSSR count). The van der Waals surface area contributed by atoms with E-state index in [0.29, 0.717) is 46.6 Å². The molecular formula is C25H21ClN2O6S. The minimum Gasteiger partial charge on any atom is -0.489 e. The highest BCUT2D eigenvalue weighted by atomic mass is 35.5. The van der Waals surface area contributed by atoms with Crippen LogP contribution in [-0.4, -0.2) is 56.3 Å². The number of cyclic esters (lactones) is 1. The van der Waals surface area contributed by atoms with E-state index in [1.54, 1.807) is 34.1 Å². The van der Waals surface area contributed by atoms with Gasteiger partial charge in [0.25, 0.3) is 5.91 Å². The number of carbonyl (C=O) groups is 3. The average Bonchev–Trinajstić information content (AvgIpc) is 3.45. The number of thiophene rings is 1. The zero-order valence-electron chi connectivity index (χ0n) is 18.6. The van der Waals surface area contributed by atoms with Crippen LogP contribution in [0.5, 0.6) is 5.75 Å². The molecule has 8 nitrogen and oxygen atoms in total. The lowest BCUT2D eigenvalue weighted by Crippen LogP contribution is -2.45. The van der Waals surface area contributed by atoms with Crippen molar-refractivity contribution in [3.8, 4) is 5.75 Å². The SMILES string of the molecule is O=C(CC[C@@H]1OC(=O)N2c3ccc(N4CCOCC4=O)cc3OC[C@@H]12)c1cc2c(Cl)cccc2s1. The van der Waals surface area contributed by atoms with Crippen molar-refractivity contribution in [2.75, 3.05) is 36.2 Å². The van der Waals surface area contributed by atoms with E-state index in [2.05, 4.69) is 0 Å². The number of rotatable bonds is 5. The zero-order valence-corrected chi connectivity index (χ0v) is 20.1. The highest BCUT2D eigenvalue weighted by molar-refractivity contribution is 7.21. The van der Waals surface area contributed by atoms with Crippen LogP contribution in [0.25, 0.3) is 10.1 Å². The zero-order chi connectivity index (χ0) is 24.1. The molecule has 0 aliphatic carbocycles. The molecule has 0 spiro atoms. The fourth-order valence-electron chi connectivity index (χ4n) is 4.79. The molecule has 0 N–H and O–H groups in total. The fourth-order valence-corrected chi connectivity index (χ4v) is 6.13. The Morgan fingerprint density at radius 2 is 2.06 bits per heavy atom. The normalized spacial score (nSPS) is 21.5. The number of amides is 2. The molecule has 0 unspecified atom stereocenters. The summed E-state index contributed by atoms with van der Waals surface area (Å²) in [6.45, 7) is 1.23. The third kappa shape index (κ3) is 3.93. The number of carbonyl (C=O) groups excluding carboxylic acids is 3. The van der Waals surface area contributed by atoms with Crippen molar-refractivity contribution in [1.29, 1.82) is 0 Å². The van der Waals surface area contributed by atoms with Crippen LogP contribution in [0.1, 0.15) is 22.5 Å². The Hall–Kier alpha value is -3.14. The quantitative estimate of drug-likeness (QED) is 0.462. The van der Waals surface area contributed by atoms with Gasteiger partial charge in [0.2, 0.25) is 0 Å². The molecule has 2 fully saturated rings. The predicted octanol–water partition coefficient (Wildman–Crippen LogP) is 4.67. The van der Waals surface area contributed by atoms with E-state index in [-0.39, 0.29) is 37.4 Å². The molecule has 1 aromatic heterocycles. The van der Waals surface area contributed by atoms with Crippen molar-refractivity contribution in [3.05, 3.63) is 52.4 Å². The van der Waals surface area contributed by atoms with Gasteiger partial charge in [-0.05, 0) is 36.8 Å². The molecule has 10 heteroatoms. The number of ether oxygens (including phenoxy) is 3. The van der Waals surface area contributed by atoms with Crippen molar-refractivity contribution in [2.24, 2.45) is 0 Å². The number of fused-ring (bicyclic) bond motifs is 4. The summed E-state index contributed by atoms with van der Waals surface area (Å²) in [7, 11) is 0. The smallest absolute Gasteiger partial charge is 0.415 e. The van der Waals surface area contributed by atoms with Crippen LogP contribution in [-0.2, 0) is 14.3 Å². The van der Waals surface area contributed by atoms with Crippen LogP contribution in [0.4, 0.5) is 16.2 Å². The molecule has 2 atom stereocenters. The number of halogens is 1. The van der Waals surface area contributed by atoms with Gasteiger partial charge < -0.3 is 19.1 Å². The van der Waals surface area contributed by atoms with E-state index < -0.39 is 12.2 Å². The van der Waals surface area contributed by atoms with Crippen molar-refractivity contribution < 1.29 is 28.6 Å². The van der Waals surface area contributed by atoms with Crippen molar-refractivity contribution in [2.45, 2.75) is 25.0 Å². The Morgan fingerprint density at radius 1 is 1.17 bits per heavy atom. The van der Waals surface area contributed by atoms with Crippen molar-refractivity contribution >= 4 is 62.2 Å². The predicted molar refractivity (Wildman–Crippen MR) is 132 cm³/mol. The number of hydrogen-bond donors (Lipinski definition) is 0. The Bertz CT molecular complexity index is 1360. The highest BCUT2D eigenvalue weighted by Crippen LogP contribution is 2.42. The summed E-state index contributed by atoms with van der Waals surface area (Å²) >= 11 is 7.66. The van der Waals surface area contributed by atoms with Crippen molar-refractivity contribution in [3.63, 3.8) is 0 Å². The molecule has 3 aromatic rings. The number of anilines is 2. The largest absolute Gasteiger partial charge is 0.489 e. The maximum absolute atomic E-state index is 12.9. The van der Waals surface area contributed by atoms with E-state index in [0.717, 1.165) is 10.1 Å². The fraction of sp³-hybridized carbons (Fsp3) is 0.320. The van der Waals surface area contributed by atoms with Crippen molar-refractivity contribution in [1.82, 2.24) is 0 Å². The third-order valence-electron chi connectivity index (χ3n) is 6.56. The molecule has 2 amide bonds. The van der Waals surface area contributed by atoms with E-state index in [4.69, 9.17) is 25.8 Å². The molecule has 0 radical (unpaired) electrons. The van der Waals surface area contributed by atoms with Gasteiger partial charge in [0.15, 0.2) is 5.78 Å². The molecule has 0 bridgehead atoms. The molecule has 3 aliphatic rings. The van der Waals surface area contributed by atoms with Gasteiger partial charge in [0, 0.05) is 39.8 Å². The van der Waals surface area contributed by atoms with E-state index in [1.165, 1.54) is 11.3 Å². The van der Waals surface area contributed by atoms with Gasteiger partial charge in [-0.25, -0.2) is 4.79 Å². The Morgan fingerprint density at radius 3 is 2.89 bits per heavy atom. The molecular weight excluding hydrogens is 492 g/mol. The first-order valence-corrected chi connectivity index (χ1v) is 12.5. The second kappa shape index (κ2) is 8.82. The van der Waals surface area contributed by atoms with Gasteiger partial charge in [0.05, 0.1) is 17.2 Å². The molecule has 35 heavy (non-hydrogen) atoms. The summed E-state index contributed by atoms with van der Waals surface area (Å²) in [6, 6.07) is 12.5. The first-order chi connectivity index (χ1) is 17.0. The van der Waals surface area contributed by atoms with Gasteiger partial charge in [0.1, 0.15) is 31.1 Å². The van der Waals surface area contributed by atoms with Gasteiger partial charge in [-0.15, -0.1) is 11.3 Å². The first-order valence-electron chi connectivity index (χ1n) is 11.4. The minimum absolute atomic E-state index is 0.00582. The Kier molecular flexibility index (Phi) is 5.63. The molecule has 3 aliphatic heterocycles. The van der Waals surface area contributed by atoms with Crippen LogP contribution >= 0.6 is 22.9 Å². The summed E-state index contributed by atoms with van der Waals surface area (Å²) in [6.07, 6.45) is -0.274. The number of hydrogen-bond acceptors (Lipinski definition) is 7. The minimum atomic E-state index is -0.460. The van der Waals surface area contributed by atoms with Gasteiger partial charge in [-0.2, -0.15) is 0 Å². The maximum Gasteiger partial charge on any atom is 0.415 e. The molecule has 4 heterocycles. The highest BCUT2D eigenvalue weighted by Gasteiger charge is 2.46. The van der Waals surface area contributed by atoms with Gasteiger partial charge in [-0.3, -0.25) is 14.5 Å². The molecule has 2 aromatic carbocycles. The Labute approximate surface area is 209 Å². The molecule has 2 saturated heterocycles. The standard InChI is InChI=1S/C25H21ClN2O6S/c26-16-2-1-3-22-15(16)11-23(35-22)19(29)6-7-20-18-12-33-21-10-14(27-8-9-32-13-24(27)30)4-5-17(21)28(18)25(31)34-20/h1-5,10-11,18,20H,6-9,12-13H2/t18-,20-/m0/s1. The van der Waals surface area contributed by atoms with E-state index in [1.807, 2.05) is 18.2 Å². The molecule has 180 valence electrons. The second-order valence-electron chi connectivity index (χ2n) is 8.64. The lowest BCUT2D eigenvalue weighted by Gasteiger charge is -2.33. The summed E-state index contributed by atoms with van der Waals surface area (Å²) < 4.78 is 17.8. The van der Waals surface area contributed by atoms with Crippen LogP contribution in [0.15, 0.2) is 42.5 Å². The topological polar surface area (TPSA) is 85.4 Å². The van der Waals surface area contributed by atoms with Crippen LogP contribution < -0.4 is 14.5 Å². The van der Waals surface area contributed by atoms with Gasteiger partial charge in [-0.1, -0.05) is 17.7 Å². The summed E-state index contributed by atoms with van der Waals surface area (Å²) in [5, 5.41) is 1.49. The van der Waals surface area contributed by atoms with E-state index in [9.17, 15) is 14.4 Å². The number of nitrogens with zero attached hydrogens (tertiary/aromatic N) is 2. The van der Waals surface area contributed by atoms with Crippen LogP contribution in [0.3, 0.4) is 0 Å². The third-order valence-corrected chi connectivity index (χ3v) is 8.03. The maximum atomic E-state index is 12.9. The summed E-state index contributed by atoms with van der Waals surface area (Å²) in [5.41, 5.74) is 1.30. The number of morpholine rings is 1. The number of benzene rings is 2. The monoisotopic (exact) mass is 512 g/mol. The molecule has 0 saturated carbocycles. The summed E-state index contributed by atoms with van der Waals surface area (Å²) in [5.74, 6) is 0.402. The lowest BCUT2D eigenvalue weighted by atomic mass is 10.0. The number of Topliss-reactive ketones (excluding diaryl/α,β-unsaturated/α-hetero) is 1. The first kappa shape index (κ1) is 22.3. The number of ketones is 1. The summed E-state index contributed by atoms with van der Waals surface area (Å²) in [4.78, 5) is 41.7.